The van der Waals surface area contributed by atoms with Crippen molar-refractivity contribution in [2.45, 2.75) is 57.4 Å². The molecule has 0 amide bonds. The summed E-state index contributed by atoms with van der Waals surface area (Å²) in [6, 6.07) is 7.00. The first kappa shape index (κ1) is 17.4. The summed E-state index contributed by atoms with van der Waals surface area (Å²) in [5, 5.41) is 4.03. The molecule has 28 heavy (non-hydrogen) atoms. The average Bonchev–Trinajstić information content (AvgIpc) is 2.71. The molecule has 0 unspecified atom stereocenters. The number of piperidine rings is 1. The molecule has 4 saturated carbocycles. The molecule has 5 fully saturated rings. The molecule has 1 aromatic carbocycles. The van der Waals surface area contributed by atoms with Crippen molar-refractivity contribution in [3.8, 4) is 11.5 Å². The van der Waals surface area contributed by atoms with E-state index in [0.717, 1.165) is 42.3 Å². The van der Waals surface area contributed by atoms with E-state index in [-0.39, 0.29) is 0 Å². The molecule has 4 aliphatic carbocycles. The fourth-order valence-electron chi connectivity index (χ4n) is 7.50. The van der Waals surface area contributed by atoms with Gasteiger partial charge in [-0.15, -0.1) is 0 Å². The summed E-state index contributed by atoms with van der Waals surface area (Å²) < 4.78 is 11.7. The Morgan fingerprint density at radius 1 is 0.929 bits per heavy atom. The van der Waals surface area contributed by atoms with Crippen LogP contribution in [-0.4, -0.2) is 38.9 Å². The Labute approximate surface area is 169 Å². The van der Waals surface area contributed by atoms with Crippen LogP contribution in [0.5, 0.6) is 11.5 Å². The minimum atomic E-state index is 0.648. The van der Waals surface area contributed by atoms with Crippen molar-refractivity contribution in [3.63, 3.8) is 0 Å². The zero-order valence-electron chi connectivity index (χ0n) is 17.0. The fourth-order valence-corrected chi connectivity index (χ4v) is 7.50. The molecule has 7 rings (SSSR count). The molecule has 4 nitrogen and oxygen atoms in total. The Morgan fingerprint density at radius 2 is 1.61 bits per heavy atom. The van der Waals surface area contributed by atoms with Crippen LogP contribution in [0.4, 0.5) is 5.69 Å². The minimum absolute atomic E-state index is 0.648. The molecule has 0 radical (unpaired) electrons. The number of para-hydroxylation sites is 1. The van der Waals surface area contributed by atoms with E-state index in [2.05, 4.69) is 22.3 Å². The molecule has 1 saturated heterocycles. The predicted molar refractivity (Wildman–Crippen MR) is 111 cm³/mol. The largest absolute Gasteiger partial charge is 0.486 e. The van der Waals surface area contributed by atoms with Gasteiger partial charge in [0.2, 0.25) is 0 Å². The van der Waals surface area contributed by atoms with Crippen LogP contribution in [-0.2, 0) is 0 Å². The molecule has 0 atom stereocenters. The number of rotatable bonds is 4. The molecule has 2 aliphatic heterocycles. The lowest BCUT2D eigenvalue weighted by molar-refractivity contribution is -0.0527. The molecule has 1 aromatic rings. The summed E-state index contributed by atoms with van der Waals surface area (Å²) in [7, 11) is 0. The van der Waals surface area contributed by atoms with Gasteiger partial charge in [0.05, 0.1) is 5.69 Å². The molecular weight excluding hydrogens is 348 g/mol. The molecule has 4 bridgehead atoms. The Balaban J connectivity index is 1.06. The number of hydrogen-bond donors (Lipinski definition) is 1. The number of ether oxygens (including phenoxy) is 2. The lowest BCUT2D eigenvalue weighted by Gasteiger charge is -2.57. The lowest BCUT2D eigenvalue weighted by Crippen LogP contribution is -2.53. The molecule has 0 spiro atoms. The highest BCUT2D eigenvalue weighted by Crippen LogP contribution is 2.59. The van der Waals surface area contributed by atoms with Crippen molar-refractivity contribution in [2.75, 3.05) is 37.7 Å². The van der Waals surface area contributed by atoms with Crippen molar-refractivity contribution in [2.24, 2.45) is 23.2 Å². The Hall–Kier alpha value is -1.42. The second-order valence-electron chi connectivity index (χ2n) is 10.4. The van der Waals surface area contributed by atoms with E-state index >= 15 is 0 Å². The van der Waals surface area contributed by atoms with Gasteiger partial charge < -0.3 is 19.7 Å². The maximum absolute atomic E-state index is 5.94. The van der Waals surface area contributed by atoms with Gasteiger partial charge in [-0.1, -0.05) is 6.07 Å². The molecule has 152 valence electrons. The maximum atomic E-state index is 5.94. The SMILES string of the molecule is c1cc2c(c(N3CCC(NCC45CC6CC(CC(C6)C4)C5)CC3)c1)OCCO2. The van der Waals surface area contributed by atoms with Crippen LogP contribution in [0.2, 0.25) is 0 Å². The monoisotopic (exact) mass is 382 g/mol. The summed E-state index contributed by atoms with van der Waals surface area (Å²) in [5.41, 5.74) is 1.87. The van der Waals surface area contributed by atoms with Gasteiger partial charge in [0.1, 0.15) is 13.2 Å². The molecule has 4 heteroatoms. The highest BCUT2D eigenvalue weighted by atomic mass is 16.6. The van der Waals surface area contributed by atoms with E-state index < -0.39 is 0 Å². The van der Waals surface area contributed by atoms with Gasteiger partial charge in [-0.2, -0.15) is 0 Å². The van der Waals surface area contributed by atoms with Crippen LogP contribution in [0.1, 0.15) is 51.4 Å². The van der Waals surface area contributed by atoms with Crippen LogP contribution >= 0.6 is 0 Å². The fraction of sp³-hybridized carbons (Fsp3) is 0.750. The van der Waals surface area contributed by atoms with Crippen LogP contribution in [0.15, 0.2) is 18.2 Å². The highest BCUT2D eigenvalue weighted by Gasteiger charge is 2.50. The number of anilines is 1. The van der Waals surface area contributed by atoms with Gasteiger partial charge in [0.25, 0.3) is 0 Å². The number of hydrogen-bond acceptors (Lipinski definition) is 4. The lowest BCUT2D eigenvalue weighted by atomic mass is 9.49. The van der Waals surface area contributed by atoms with Gasteiger partial charge >= 0.3 is 0 Å². The highest BCUT2D eigenvalue weighted by molar-refractivity contribution is 5.65. The predicted octanol–water partition coefficient (Wildman–Crippen LogP) is 4.23. The van der Waals surface area contributed by atoms with E-state index in [9.17, 15) is 0 Å². The zero-order valence-corrected chi connectivity index (χ0v) is 17.0. The second kappa shape index (κ2) is 6.83. The van der Waals surface area contributed by atoms with E-state index in [1.165, 1.54) is 44.3 Å². The number of nitrogens with one attached hydrogen (secondary N) is 1. The second-order valence-corrected chi connectivity index (χ2v) is 10.4. The summed E-state index contributed by atoms with van der Waals surface area (Å²) in [6.45, 7) is 4.81. The number of nitrogens with zero attached hydrogens (tertiary/aromatic N) is 1. The molecular formula is C24H34N2O2. The van der Waals surface area contributed by atoms with Gasteiger partial charge in [0.15, 0.2) is 11.5 Å². The third-order valence-corrected chi connectivity index (χ3v) is 8.31. The maximum Gasteiger partial charge on any atom is 0.184 e. The quantitative estimate of drug-likeness (QED) is 0.845. The van der Waals surface area contributed by atoms with Crippen LogP contribution in [0, 0.1) is 23.2 Å². The normalized spacial score (nSPS) is 36.7. The van der Waals surface area contributed by atoms with Crippen molar-refractivity contribution in [1.82, 2.24) is 5.32 Å². The standard InChI is InChI=1S/C24H34N2O2/c1-2-21(23-22(3-1)27-8-9-28-23)26-6-4-20(5-7-26)25-16-24-13-17-10-18(14-24)12-19(11-17)15-24/h1-3,17-20,25H,4-16H2. The van der Waals surface area contributed by atoms with Crippen LogP contribution in [0.3, 0.4) is 0 Å². The first-order chi connectivity index (χ1) is 13.8. The summed E-state index contributed by atoms with van der Waals surface area (Å²) >= 11 is 0. The number of fused-ring (bicyclic) bond motifs is 1. The van der Waals surface area contributed by atoms with Crippen molar-refractivity contribution < 1.29 is 9.47 Å². The summed E-state index contributed by atoms with van der Waals surface area (Å²) in [6.07, 6.45) is 11.6. The first-order valence-electron chi connectivity index (χ1n) is 11.6. The Morgan fingerprint density at radius 3 is 2.32 bits per heavy atom. The summed E-state index contributed by atoms with van der Waals surface area (Å²) in [5.74, 6) is 5.03. The van der Waals surface area contributed by atoms with Crippen molar-refractivity contribution in [3.05, 3.63) is 18.2 Å². The summed E-state index contributed by atoms with van der Waals surface area (Å²) in [4.78, 5) is 2.50. The minimum Gasteiger partial charge on any atom is -0.486 e. The Kier molecular flexibility index (Phi) is 4.25. The van der Waals surface area contributed by atoms with Gasteiger partial charge in [-0.3, -0.25) is 0 Å². The van der Waals surface area contributed by atoms with E-state index in [0.29, 0.717) is 24.7 Å². The van der Waals surface area contributed by atoms with Gasteiger partial charge in [-0.25, -0.2) is 0 Å². The topological polar surface area (TPSA) is 33.7 Å². The first-order valence-corrected chi connectivity index (χ1v) is 11.6. The molecule has 0 aromatic heterocycles. The van der Waals surface area contributed by atoms with E-state index in [4.69, 9.17) is 9.47 Å². The Bertz CT molecular complexity index is 690. The van der Waals surface area contributed by atoms with E-state index in [1.807, 2.05) is 6.07 Å². The molecule has 1 N–H and O–H groups in total. The smallest absolute Gasteiger partial charge is 0.184 e. The van der Waals surface area contributed by atoms with Crippen LogP contribution in [0.25, 0.3) is 0 Å². The van der Waals surface area contributed by atoms with Crippen molar-refractivity contribution >= 4 is 5.69 Å². The third-order valence-electron chi connectivity index (χ3n) is 8.31. The van der Waals surface area contributed by atoms with Crippen LogP contribution < -0.4 is 19.7 Å². The van der Waals surface area contributed by atoms with Gasteiger partial charge in [-0.05, 0) is 86.7 Å². The third kappa shape index (κ3) is 3.08. The van der Waals surface area contributed by atoms with E-state index in [1.54, 1.807) is 19.3 Å². The van der Waals surface area contributed by atoms with Gasteiger partial charge in [0, 0.05) is 25.7 Å². The zero-order chi connectivity index (χ0) is 18.6. The molecule has 2 heterocycles. The number of benzene rings is 1. The molecule has 6 aliphatic rings. The average molecular weight is 383 g/mol. The van der Waals surface area contributed by atoms with Crippen molar-refractivity contribution in [1.29, 1.82) is 0 Å².